The second-order valence-electron chi connectivity index (χ2n) is 5.27. The molecule has 0 aromatic heterocycles. The lowest BCUT2D eigenvalue weighted by molar-refractivity contribution is 0.0952. The standard InChI is InChI=1S/C11H20N2O/c1-11(2)4-8-13(9-5-11)10(14)12-6-3-7-12/h3-9H2,1-2H3. The van der Waals surface area contributed by atoms with Gasteiger partial charge in [-0.05, 0) is 24.7 Å². The van der Waals surface area contributed by atoms with Gasteiger partial charge in [0.05, 0.1) is 0 Å². The first-order valence-electron chi connectivity index (χ1n) is 5.62. The molecule has 0 spiro atoms. The van der Waals surface area contributed by atoms with E-state index in [1.54, 1.807) is 0 Å². The van der Waals surface area contributed by atoms with E-state index < -0.39 is 0 Å². The Labute approximate surface area is 86.1 Å². The molecule has 2 aliphatic heterocycles. The number of hydrogen-bond acceptors (Lipinski definition) is 1. The first-order chi connectivity index (χ1) is 6.58. The van der Waals surface area contributed by atoms with E-state index in [4.69, 9.17) is 0 Å². The van der Waals surface area contributed by atoms with E-state index in [0.717, 1.165) is 39.0 Å². The topological polar surface area (TPSA) is 23.6 Å². The van der Waals surface area contributed by atoms with Gasteiger partial charge >= 0.3 is 6.03 Å². The summed E-state index contributed by atoms with van der Waals surface area (Å²) in [5.41, 5.74) is 0.436. The predicted molar refractivity (Wildman–Crippen MR) is 56.2 cm³/mol. The van der Waals surface area contributed by atoms with Gasteiger partial charge in [0.15, 0.2) is 0 Å². The van der Waals surface area contributed by atoms with E-state index in [2.05, 4.69) is 13.8 Å². The lowest BCUT2D eigenvalue weighted by Gasteiger charge is -2.41. The van der Waals surface area contributed by atoms with Gasteiger partial charge in [0.25, 0.3) is 0 Å². The zero-order valence-electron chi connectivity index (χ0n) is 9.25. The van der Waals surface area contributed by atoms with Crippen LogP contribution in [0, 0.1) is 5.41 Å². The maximum atomic E-state index is 11.8. The van der Waals surface area contributed by atoms with Gasteiger partial charge < -0.3 is 9.80 Å². The van der Waals surface area contributed by atoms with Crippen LogP contribution in [-0.2, 0) is 0 Å². The Balaban J connectivity index is 1.85. The summed E-state index contributed by atoms with van der Waals surface area (Å²) >= 11 is 0. The van der Waals surface area contributed by atoms with Crippen LogP contribution in [-0.4, -0.2) is 42.0 Å². The highest BCUT2D eigenvalue weighted by Gasteiger charge is 2.31. The van der Waals surface area contributed by atoms with Gasteiger partial charge in [-0.3, -0.25) is 0 Å². The molecule has 0 aromatic carbocycles. The maximum Gasteiger partial charge on any atom is 0.320 e. The summed E-state index contributed by atoms with van der Waals surface area (Å²) in [6.07, 6.45) is 3.48. The Kier molecular flexibility index (Phi) is 2.41. The summed E-state index contributed by atoms with van der Waals surface area (Å²) in [5, 5.41) is 0. The number of carbonyl (C=O) groups is 1. The highest BCUT2D eigenvalue weighted by molar-refractivity contribution is 5.75. The molecular formula is C11H20N2O. The third-order valence-corrected chi connectivity index (χ3v) is 3.51. The molecule has 0 aromatic rings. The average molecular weight is 196 g/mol. The fourth-order valence-electron chi connectivity index (χ4n) is 2.01. The number of rotatable bonds is 0. The van der Waals surface area contributed by atoms with E-state index in [9.17, 15) is 4.79 Å². The minimum Gasteiger partial charge on any atom is -0.325 e. The molecule has 0 atom stereocenters. The van der Waals surface area contributed by atoms with Gasteiger partial charge in [-0.1, -0.05) is 13.8 Å². The summed E-state index contributed by atoms with van der Waals surface area (Å²) in [7, 11) is 0. The third kappa shape index (κ3) is 1.86. The predicted octanol–water partition coefficient (Wildman–Crippen LogP) is 1.93. The average Bonchev–Trinajstić information content (AvgIpc) is 2.00. The van der Waals surface area contributed by atoms with Gasteiger partial charge in [-0.25, -0.2) is 4.79 Å². The van der Waals surface area contributed by atoms with Gasteiger partial charge in [0, 0.05) is 26.2 Å². The van der Waals surface area contributed by atoms with Crippen LogP contribution in [0.2, 0.25) is 0 Å². The molecule has 2 saturated heterocycles. The molecule has 2 aliphatic rings. The van der Waals surface area contributed by atoms with Crippen molar-refractivity contribution in [2.45, 2.75) is 33.1 Å². The van der Waals surface area contributed by atoms with Crippen LogP contribution in [0.25, 0.3) is 0 Å². The second-order valence-corrected chi connectivity index (χ2v) is 5.27. The molecule has 0 N–H and O–H groups in total. The molecule has 3 nitrogen and oxygen atoms in total. The fraction of sp³-hybridized carbons (Fsp3) is 0.909. The number of carbonyl (C=O) groups excluding carboxylic acids is 1. The largest absolute Gasteiger partial charge is 0.325 e. The highest BCUT2D eigenvalue weighted by atomic mass is 16.2. The van der Waals surface area contributed by atoms with E-state index in [1.807, 2.05) is 9.80 Å². The molecule has 0 radical (unpaired) electrons. The van der Waals surface area contributed by atoms with Crippen LogP contribution in [0.3, 0.4) is 0 Å². The SMILES string of the molecule is CC1(C)CCN(C(=O)N2CCC2)CC1. The second kappa shape index (κ2) is 3.44. The summed E-state index contributed by atoms with van der Waals surface area (Å²) < 4.78 is 0. The molecule has 2 fully saturated rings. The fourth-order valence-corrected chi connectivity index (χ4v) is 2.01. The van der Waals surface area contributed by atoms with Crippen LogP contribution in [0.4, 0.5) is 4.79 Å². The van der Waals surface area contributed by atoms with Crippen molar-refractivity contribution in [3.63, 3.8) is 0 Å². The number of piperidine rings is 1. The number of nitrogens with zero attached hydrogens (tertiary/aromatic N) is 2. The number of hydrogen-bond donors (Lipinski definition) is 0. The van der Waals surface area contributed by atoms with Crippen LogP contribution in [0.1, 0.15) is 33.1 Å². The Bertz CT molecular complexity index is 223. The van der Waals surface area contributed by atoms with E-state index >= 15 is 0 Å². The maximum absolute atomic E-state index is 11.8. The molecule has 0 saturated carbocycles. The molecular weight excluding hydrogens is 176 g/mol. The molecule has 0 aliphatic carbocycles. The third-order valence-electron chi connectivity index (χ3n) is 3.51. The van der Waals surface area contributed by atoms with Crippen molar-refractivity contribution in [1.82, 2.24) is 9.80 Å². The van der Waals surface area contributed by atoms with Gasteiger partial charge in [0.2, 0.25) is 0 Å². The van der Waals surface area contributed by atoms with Crippen molar-refractivity contribution in [1.29, 1.82) is 0 Å². The molecule has 3 heteroatoms. The summed E-state index contributed by atoms with van der Waals surface area (Å²) in [5.74, 6) is 0. The Morgan fingerprint density at radius 3 is 1.93 bits per heavy atom. The van der Waals surface area contributed by atoms with Gasteiger partial charge in [-0.15, -0.1) is 0 Å². The molecule has 2 amide bonds. The molecule has 0 bridgehead atoms. The van der Waals surface area contributed by atoms with E-state index in [0.29, 0.717) is 5.41 Å². The number of amides is 2. The van der Waals surface area contributed by atoms with Crippen molar-refractivity contribution in [3.05, 3.63) is 0 Å². The highest BCUT2D eigenvalue weighted by Crippen LogP contribution is 2.30. The van der Waals surface area contributed by atoms with Crippen molar-refractivity contribution in [3.8, 4) is 0 Å². The zero-order chi connectivity index (χ0) is 10.2. The van der Waals surface area contributed by atoms with Crippen molar-refractivity contribution < 1.29 is 4.79 Å². The number of urea groups is 1. The Morgan fingerprint density at radius 2 is 1.50 bits per heavy atom. The van der Waals surface area contributed by atoms with Crippen LogP contribution >= 0.6 is 0 Å². The normalized spacial score (nSPS) is 25.9. The van der Waals surface area contributed by atoms with Crippen molar-refractivity contribution >= 4 is 6.03 Å². The van der Waals surface area contributed by atoms with Crippen molar-refractivity contribution in [2.75, 3.05) is 26.2 Å². The lowest BCUT2D eigenvalue weighted by Crippen LogP contribution is -2.52. The molecule has 2 rings (SSSR count). The summed E-state index contributed by atoms with van der Waals surface area (Å²) in [6.45, 7) is 8.42. The monoisotopic (exact) mass is 196 g/mol. The van der Waals surface area contributed by atoms with Gasteiger partial charge in [0.1, 0.15) is 0 Å². The van der Waals surface area contributed by atoms with Gasteiger partial charge in [-0.2, -0.15) is 0 Å². The minimum atomic E-state index is 0.270. The Morgan fingerprint density at radius 1 is 1.00 bits per heavy atom. The molecule has 14 heavy (non-hydrogen) atoms. The van der Waals surface area contributed by atoms with Crippen LogP contribution in [0.15, 0.2) is 0 Å². The molecule has 0 unspecified atom stereocenters. The van der Waals surface area contributed by atoms with E-state index in [-0.39, 0.29) is 6.03 Å². The molecule has 80 valence electrons. The zero-order valence-corrected chi connectivity index (χ0v) is 9.25. The Hall–Kier alpha value is -0.730. The minimum absolute atomic E-state index is 0.270. The van der Waals surface area contributed by atoms with Crippen LogP contribution in [0.5, 0.6) is 0 Å². The first kappa shape index (κ1) is 9.81. The summed E-state index contributed by atoms with van der Waals surface area (Å²) in [6, 6.07) is 0.270. The smallest absolute Gasteiger partial charge is 0.320 e. The van der Waals surface area contributed by atoms with Crippen LogP contribution < -0.4 is 0 Å². The van der Waals surface area contributed by atoms with E-state index in [1.165, 1.54) is 6.42 Å². The quantitative estimate of drug-likeness (QED) is 0.580. The number of likely N-dealkylation sites (tertiary alicyclic amines) is 2. The molecule has 2 heterocycles. The lowest BCUT2D eigenvalue weighted by atomic mass is 9.83. The van der Waals surface area contributed by atoms with Crippen molar-refractivity contribution in [2.24, 2.45) is 5.41 Å². The first-order valence-corrected chi connectivity index (χ1v) is 5.62. The summed E-state index contributed by atoms with van der Waals surface area (Å²) in [4.78, 5) is 15.8.